The summed E-state index contributed by atoms with van der Waals surface area (Å²) in [6, 6.07) is 17.0. The number of anilines is 2. The van der Waals surface area contributed by atoms with Crippen molar-refractivity contribution in [2.45, 2.75) is 0 Å². The van der Waals surface area contributed by atoms with Crippen molar-refractivity contribution in [2.24, 2.45) is 0 Å². The molecule has 0 amide bonds. The molecule has 5 rings (SSSR count). The summed E-state index contributed by atoms with van der Waals surface area (Å²) in [5.41, 5.74) is 5.79. The number of pyridine rings is 2. The minimum Gasteiger partial charge on any atom is -0.368 e. The van der Waals surface area contributed by atoms with Crippen LogP contribution in [0, 0.1) is 0 Å². The molecular weight excluding hydrogens is 334 g/mol. The second-order valence-electron chi connectivity index (χ2n) is 6.83. The lowest BCUT2D eigenvalue weighted by Gasteiger charge is -2.37. The number of nitrogens with zero attached hydrogens (tertiary/aromatic N) is 4. The maximum atomic E-state index is 4.72. The van der Waals surface area contributed by atoms with Gasteiger partial charge in [-0.15, -0.1) is 0 Å². The van der Waals surface area contributed by atoms with Gasteiger partial charge in [0.15, 0.2) is 0 Å². The van der Waals surface area contributed by atoms with Gasteiger partial charge in [-0.1, -0.05) is 12.1 Å². The number of hydrogen-bond donors (Lipinski definition) is 1. The molecule has 5 nitrogen and oxygen atoms in total. The Kier molecular flexibility index (Phi) is 3.98. The van der Waals surface area contributed by atoms with Crippen molar-refractivity contribution >= 4 is 22.3 Å². The number of hydrogen-bond acceptors (Lipinski definition) is 4. The Morgan fingerprint density at radius 2 is 1.63 bits per heavy atom. The second kappa shape index (κ2) is 6.76. The summed E-state index contributed by atoms with van der Waals surface area (Å²) in [5, 5.41) is 1.22. The van der Waals surface area contributed by atoms with Gasteiger partial charge in [0.25, 0.3) is 0 Å². The van der Waals surface area contributed by atoms with Crippen LogP contribution in [0.4, 0.5) is 11.4 Å². The molecule has 3 aromatic heterocycles. The zero-order valence-electron chi connectivity index (χ0n) is 15.0. The van der Waals surface area contributed by atoms with Crippen LogP contribution in [0.2, 0.25) is 0 Å². The fraction of sp³-hybridized carbons (Fsp3) is 0.182. The van der Waals surface area contributed by atoms with Crippen molar-refractivity contribution in [1.29, 1.82) is 0 Å². The number of benzene rings is 1. The number of H-pyrrole nitrogens is 1. The van der Waals surface area contributed by atoms with Crippen molar-refractivity contribution in [3.05, 3.63) is 73.3 Å². The molecule has 0 unspecified atom stereocenters. The van der Waals surface area contributed by atoms with Gasteiger partial charge in [0.2, 0.25) is 0 Å². The molecule has 134 valence electrons. The first-order valence-electron chi connectivity index (χ1n) is 9.31. The molecule has 1 fully saturated rings. The second-order valence-corrected chi connectivity index (χ2v) is 6.83. The van der Waals surface area contributed by atoms with E-state index in [2.05, 4.69) is 62.2 Å². The third-order valence-electron chi connectivity index (χ3n) is 5.26. The number of fused-ring (bicyclic) bond motifs is 1. The van der Waals surface area contributed by atoms with Gasteiger partial charge in [-0.25, -0.2) is 0 Å². The van der Waals surface area contributed by atoms with Crippen LogP contribution in [0.15, 0.2) is 73.3 Å². The smallest absolute Gasteiger partial charge is 0.0936 e. The fourth-order valence-electron chi connectivity index (χ4n) is 3.83. The third-order valence-corrected chi connectivity index (χ3v) is 5.26. The van der Waals surface area contributed by atoms with E-state index in [0.29, 0.717) is 0 Å². The fourth-order valence-corrected chi connectivity index (χ4v) is 3.83. The van der Waals surface area contributed by atoms with E-state index in [-0.39, 0.29) is 0 Å². The summed E-state index contributed by atoms with van der Waals surface area (Å²) in [5.74, 6) is 0. The maximum absolute atomic E-state index is 4.72. The molecule has 0 aliphatic carbocycles. The zero-order valence-corrected chi connectivity index (χ0v) is 15.0. The molecule has 5 heteroatoms. The molecule has 27 heavy (non-hydrogen) atoms. The Balaban J connectivity index is 1.41. The average Bonchev–Trinajstić information content (AvgIpc) is 3.22. The summed E-state index contributed by atoms with van der Waals surface area (Å²) in [6.45, 7) is 3.94. The molecule has 4 aromatic rings. The lowest BCUT2D eigenvalue weighted by Crippen LogP contribution is -2.46. The van der Waals surface area contributed by atoms with Crippen molar-refractivity contribution in [3.63, 3.8) is 0 Å². The number of nitrogens with one attached hydrogen (secondary N) is 1. The van der Waals surface area contributed by atoms with Gasteiger partial charge >= 0.3 is 0 Å². The summed E-state index contributed by atoms with van der Waals surface area (Å²) in [6.07, 6.45) is 7.58. The molecule has 1 aromatic carbocycles. The molecule has 1 aliphatic rings. The van der Waals surface area contributed by atoms with Gasteiger partial charge in [0, 0.05) is 67.7 Å². The van der Waals surface area contributed by atoms with E-state index in [1.807, 2.05) is 30.9 Å². The highest BCUT2D eigenvalue weighted by molar-refractivity contribution is 5.86. The minimum atomic E-state index is 0.978. The van der Waals surface area contributed by atoms with Gasteiger partial charge in [-0.05, 0) is 41.8 Å². The highest BCUT2D eigenvalue weighted by Crippen LogP contribution is 2.31. The van der Waals surface area contributed by atoms with Crippen LogP contribution in [-0.4, -0.2) is 41.1 Å². The van der Waals surface area contributed by atoms with Crippen LogP contribution in [0.25, 0.3) is 22.2 Å². The summed E-state index contributed by atoms with van der Waals surface area (Å²) < 4.78 is 0. The maximum Gasteiger partial charge on any atom is 0.0936 e. The van der Waals surface area contributed by atoms with Crippen LogP contribution in [0.1, 0.15) is 0 Å². The normalized spacial score (nSPS) is 14.7. The minimum absolute atomic E-state index is 0.978. The average molecular weight is 355 g/mol. The van der Waals surface area contributed by atoms with Gasteiger partial charge in [-0.3, -0.25) is 9.97 Å². The van der Waals surface area contributed by atoms with Crippen LogP contribution in [0.5, 0.6) is 0 Å². The Morgan fingerprint density at radius 3 is 2.48 bits per heavy atom. The molecule has 1 saturated heterocycles. The van der Waals surface area contributed by atoms with Gasteiger partial charge < -0.3 is 14.8 Å². The standard InChI is InChI=1S/C22H21N5/c1-2-21(27-14-12-26(13-15-27)19-6-9-23-10-7-19)22(25-8-1)18-4-3-17-5-11-24-20(17)16-18/h1-11,16,24H,12-15H2. The van der Waals surface area contributed by atoms with Gasteiger partial charge in [0.1, 0.15) is 0 Å². The molecular formula is C22H21N5. The summed E-state index contributed by atoms with van der Waals surface area (Å²) in [7, 11) is 0. The van der Waals surface area contributed by atoms with E-state index >= 15 is 0 Å². The zero-order chi connectivity index (χ0) is 18.1. The van der Waals surface area contributed by atoms with E-state index in [9.17, 15) is 0 Å². The van der Waals surface area contributed by atoms with Crippen LogP contribution < -0.4 is 9.80 Å². The highest BCUT2D eigenvalue weighted by Gasteiger charge is 2.20. The van der Waals surface area contributed by atoms with Crippen molar-refractivity contribution in [2.75, 3.05) is 36.0 Å². The summed E-state index contributed by atoms with van der Waals surface area (Å²) in [4.78, 5) is 17.0. The van der Waals surface area contributed by atoms with Crippen LogP contribution in [0.3, 0.4) is 0 Å². The quantitative estimate of drug-likeness (QED) is 0.604. The SMILES string of the molecule is c1cnc(-c2ccc3cc[nH]c3c2)c(N2CCN(c3ccncc3)CC2)c1. The number of aromatic nitrogens is 3. The third kappa shape index (κ3) is 3.01. The summed E-state index contributed by atoms with van der Waals surface area (Å²) >= 11 is 0. The van der Waals surface area contributed by atoms with E-state index in [4.69, 9.17) is 4.98 Å². The number of piperazine rings is 1. The molecule has 0 saturated carbocycles. The van der Waals surface area contributed by atoms with Crippen LogP contribution in [-0.2, 0) is 0 Å². The Hall–Kier alpha value is -3.34. The molecule has 0 spiro atoms. The molecule has 4 heterocycles. The first-order valence-corrected chi connectivity index (χ1v) is 9.31. The monoisotopic (exact) mass is 355 g/mol. The largest absolute Gasteiger partial charge is 0.368 e. The molecule has 0 radical (unpaired) electrons. The lowest BCUT2D eigenvalue weighted by atomic mass is 10.1. The van der Waals surface area contributed by atoms with Crippen molar-refractivity contribution in [3.8, 4) is 11.3 Å². The van der Waals surface area contributed by atoms with E-state index in [1.165, 1.54) is 16.8 Å². The predicted octanol–water partition coefficient (Wildman–Crippen LogP) is 3.95. The van der Waals surface area contributed by atoms with Crippen molar-refractivity contribution in [1.82, 2.24) is 15.0 Å². The van der Waals surface area contributed by atoms with Crippen molar-refractivity contribution < 1.29 is 0 Å². The number of aromatic amines is 1. The first kappa shape index (κ1) is 15.9. The lowest BCUT2D eigenvalue weighted by molar-refractivity contribution is 0.653. The van der Waals surface area contributed by atoms with Gasteiger partial charge in [0.05, 0.1) is 11.4 Å². The Labute approximate surface area is 158 Å². The first-order chi connectivity index (χ1) is 13.4. The molecule has 0 bridgehead atoms. The molecule has 0 atom stereocenters. The van der Waals surface area contributed by atoms with E-state index in [0.717, 1.165) is 43.0 Å². The topological polar surface area (TPSA) is 48.1 Å². The Morgan fingerprint density at radius 1 is 0.815 bits per heavy atom. The highest BCUT2D eigenvalue weighted by atomic mass is 15.3. The molecule has 1 N–H and O–H groups in total. The predicted molar refractivity (Wildman–Crippen MR) is 110 cm³/mol. The Bertz CT molecular complexity index is 1050. The number of rotatable bonds is 3. The van der Waals surface area contributed by atoms with E-state index < -0.39 is 0 Å². The van der Waals surface area contributed by atoms with Crippen LogP contribution >= 0.6 is 0 Å². The molecule has 1 aliphatic heterocycles. The van der Waals surface area contributed by atoms with E-state index in [1.54, 1.807) is 0 Å². The van der Waals surface area contributed by atoms with Gasteiger partial charge in [-0.2, -0.15) is 0 Å².